The fourth-order valence-electron chi connectivity index (χ4n) is 2.39. The van der Waals surface area contributed by atoms with Gasteiger partial charge < -0.3 is 20.7 Å². The summed E-state index contributed by atoms with van der Waals surface area (Å²) in [6.07, 6.45) is -1.56. The second-order valence-electron chi connectivity index (χ2n) is 6.05. The van der Waals surface area contributed by atoms with E-state index in [-0.39, 0.29) is 0 Å². The molecule has 2 aromatic carbocycles. The van der Waals surface area contributed by atoms with Crippen molar-refractivity contribution >= 4 is 23.4 Å². The molecule has 4 N–H and O–H groups in total. The van der Waals surface area contributed by atoms with Crippen LogP contribution in [0.4, 0.5) is 5.69 Å². The molecule has 0 aliphatic heterocycles. The molecule has 0 spiro atoms. The Morgan fingerprint density at radius 2 is 1.72 bits per heavy atom. The van der Waals surface area contributed by atoms with Crippen LogP contribution in [-0.4, -0.2) is 29.4 Å². The summed E-state index contributed by atoms with van der Waals surface area (Å²) in [5.74, 6) is -0.283. The lowest BCUT2D eigenvalue weighted by Crippen LogP contribution is -2.26. The highest BCUT2D eigenvalue weighted by Crippen LogP contribution is 2.41. The lowest BCUT2D eigenvalue weighted by atomic mass is 10.0. The molecule has 2 rings (SSSR count). The number of aliphatic carboxylic acids is 1. The third-order valence-electron chi connectivity index (χ3n) is 3.94. The molecule has 0 saturated heterocycles. The van der Waals surface area contributed by atoms with Gasteiger partial charge in [0.2, 0.25) is 0 Å². The fraction of sp³-hybridized carbons (Fsp3) is 0.316. The predicted molar refractivity (Wildman–Crippen MR) is 100 cm³/mol. The summed E-state index contributed by atoms with van der Waals surface area (Å²) in [6, 6.07) is 12.7. The lowest BCUT2D eigenvalue weighted by Gasteiger charge is -2.22. The van der Waals surface area contributed by atoms with Crippen molar-refractivity contribution in [3.63, 3.8) is 0 Å². The number of benzene rings is 2. The molecule has 0 unspecified atom stereocenters. The number of carboxylic acids is 1. The zero-order valence-electron chi connectivity index (χ0n) is 14.5. The summed E-state index contributed by atoms with van der Waals surface area (Å²) in [7, 11) is 1.56. The molecular weight excluding hydrogens is 338 g/mol. The van der Waals surface area contributed by atoms with Crippen molar-refractivity contribution in [2.24, 2.45) is 0 Å². The van der Waals surface area contributed by atoms with Crippen LogP contribution < -0.4 is 10.5 Å². The molecule has 6 heteroatoms. The average molecular weight is 361 g/mol. The van der Waals surface area contributed by atoms with Gasteiger partial charge in [-0.2, -0.15) is 0 Å². The SMILES string of the molecule is COc1ccc([C@H](Sc2cc(C(C)C)ccc2N)[C@@H](O)C(=O)O)cc1. The summed E-state index contributed by atoms with van der Waals surface area (Å²) in [5, 5.41) is 18.8. The van der Waals surface area contributed by atoms with E-state index < -0.39 is 17.3 Å². The van der Waals surface area contributed by atoms with Gasteiger partial charge in [-0.25, -0.2) is 4.79 Å². The summed E-state index contributed by atoms with van der Waals surface area (Å²) in [5.41, 5.74) is 8.42. The van der Waals surface area contributed by atoms with Crippen LogP contribution in [0.15, 0.2) is 47.4 Å². The normalized spacial score (nSPS) is 13.5. The number of nitrogens with two attached hydrogens (primary N) is 1. The van der Waals surface area contributed by atoms with Crippen LogP contribution >= 0.6 is 11.8 Å². The monoisotopic (exact) mass is 361 g/mol. The second kappa shape index (κ2) is 8.27. The van der Waals surface area contributed by atoms with Crippen LogP contribution in [0.2, 0.25) is 0 Å². The maximum atomic E-state index is 11.4. The Balaban J connectivity index is 2.39. The number of methoxy groups -OCH3 is 1. The van der Waals surface area contributed by atoms with Gasteiger partial charge in [0.25, 0.3) is 0 Å². The zero-order valence-corrected chi connectivity index (χ0v) is 15.3. The molecule has 0 amide bonds. The summed E-state index contributed by atoms with van der Waals surface area (Å²) in [6.45, 7) is 4.15. The Labute approximate surface area is 151 Å². The standard InChI is InChI=1S/C19H23NO4S/c1-11(2)13-6-9-15(20)16(10-13)25-18(17(21)19(22)23)12-4-7-14(24-3)8-5-12/h4-11,17-18,21H,20H2,1-3H3,(H,22,23)/t17-,18+/m1/s1. The minimum atomic E-state index is -1.56. The first kappa shape index (κ1) is 19.1. The number of nitrogen functional groups attached to an aromatic ring is 1. The number of ether oxygens (including phenoxy) is 1. The van der Waals surface area contributed by atoms with Gasteiger partial charge in [0.15, 0.2) is 6.10 Å². The summed E-state index contributed by atoms with van der Waals surface area (Å²) >= 11 is 1.25. The number of hydrogen-bond acceptors (Lipinski definition) is 5. The van der Waals surface area contributed by atoms with Crippen LogP contribution in [-0.2, 0) is 4.79 Å². The van der Waals surface area contributed by atoms with Gasteiger partial charge in [-0.05, 0) is 41.3 Å². The third kappa shape index (κ3) is 4.67. The Hall–Kier alpha value is -2.18. The number of anilines is 1. The van der Waals surface area contributed by atoms with Crippen molar-refractivity contribution in [1.82, 2.24) is 0 Å². The number of carbonyl (C=O) groups is 1. The van der Waals surface area contributed by atoms with E-state index in [9.17, 15) is 15.0 Å². The minimum absolute atomic E-state index is 0.323. The number of carboxylic acid groups (broad SMARTS) is 1. The molecule has 0 saturated carbocycles. The van der Waals surface area contributed by atoms with Gasteiger partial charge >= 0.3 is 5.97 Å². The molecule has 2 aromatic rings. The van der Waals surface area contributed by atoms with Crippen LogP contribution in [0.3, 0.4) is 0 Å². The van der Waals surface area contributed by atoms with Crippen molar-refractivity contribution in [1.29, 1.82) is 0 Å². The number of hydrogen-bond donors (Lipinski definition) is 3. The van der Waals surface area contributed by atoms with E-state index in [1.807, 2.05) is 18.2 Å². The number of aliphatic hydroxyl groups is 1. The smallest absolute Gasteiger partial charge is 0.334 e. The van der Waals surface area contributed by atoms with E-state index in [1.54, 1.807) is 31.4 Å². The largest absolute Gasteiger partial charge is 0.497 e. The Morgan fingerprint density at radius 3 is 2.24 bits per heavy atom. The fourth-order valence-corrected chi connectivity index (χ4v) is 3.61. The number of rotatable bonds is 7. The van der Waals surface area contributed by atoms with Crippen molar-refractivity contribution in [2.75, 3.05) is 12.8 Å². The third-order valence-corrected chi connectivity index (χ3v) is 5.33. The van der Waals surface area contributed by atoms with Gasteiger partial charge in [-0.15, -0.1) is 11.8 Å². The van der Waals surface area contributed by atoms with Crippen molar-refractivity contribution in [2.45, 2.75) is 36.0 Å². The van der Waals surface area contributed by atoms with E-state index in [1.165, 1.54) is 11.8 Å². The molecule has 5 nitrogen and oxygen atoms in total. The lowest BCUT2D eigenvalue weighted by molar-refractivity contribution is -0.146. The van der Waals surface area contributed by atoms with Gasteiger partial charge in [0.1, 0.15) is 5.75 Å². The topological polar surface area (TPSA) is 92.8 Å². The average Bonchev–Trinajstić information content (AvgIpc) is 2.60. The first-order valence-electron chi connectivity index (χ1n) is 7.94. The highest BCUT2D eigenvalue weighted by Gasteiger charge is 2.29. The quantitative estimate of drug-likeness (QED) is 0.515. The molecular formula is C19H23NO4S. The first-order chi connectivity index (χ1) is 11.8. The van der Waals surface area contributed by atoms with E-state index in [2.05, 4.69) is 13.8 Å². The van der Waals surface area contributed by atoms with Crippen molar-refractivity contribution in [3.05, 3.63) is 53.6 Å². The molecule has 2 atom stereocenters. The van der Waals surface area contributed by atoms with E-state index >= 15 is 0 Å². The molecule has 25 heavy (non-hydrogen) atoms. The maximum Gasteiger partial charge on any atom is 0.334 e. The molecule has 0 fully saturated rings. The molecule has 0 radical (unpaired) electrons. The van der Waals surface area contributed by atoms with E-state index in [4.69, 9.17) is 10.5 Å². The predicted octanol–water partition coefficient (Wildman–Crippen LogP) is 3.68. The Bertz CT molecular complexity index is 731. The number of aliphatic hydroxyl groups excluding tert-OH is 1. The van der Waals surface area contributed by atoms with Gasteiger partial charge in [0, 0.05) is 10.6 Å². The molecule has 134 valence electrons. The van der Waals surface area contributed by atoms with E-state index in [0.717, 1.165) is 10.5 Å². The minimum Gasteiger partial charge on any atom is -0.497 e. The zero-order chi connectivity index (χ0) is 18.6. The summed E-state index contributed by atoms with van der Waals surface area (Å²) in [4.78, 5) is 12.1. The van der Waals surface area contributed by atoms with Crippen LogP contribution in [0, 0.1) is 0 Å². The molecule has 0 aliphatic carbocycles. The van der Waals surface area contributed by atoms with Crippen LogP contribution in [0.25, 0.3) is 0 Å². The highest BCUT2D eigenvalue weighted by atomic mass is 32.2. The van der Waals surface area contributed by atoms with Crippen LogP contribution in [0.5, 0.6) is 5.75 Å². The highest BCUT2D eigenvalue weighted by molar-refractivity contribution is 7.99. The Morgan fingerprint density at radius 1 is 1.12 bits per heavy atom. The van der Waals surface area contributed by atoms with Gasteiger partial charge in [0.05, 0.1) is 12.4 Å². The molecule has 0 heterocycles. The maximum absolute atomic E-state index is 11.4. The second-order valence-corrected chi connectivity index (χ2v) is 7.23. The van der Waals surface area contributed by atoms with E-state index in [0.29, 0.717) is 22.9 Å². The van der Waals surface area contributed by atoms with Crippen molar-refractivity contribution in [3.8, 4) is 5.75 Å². The molecule has 0 bridgehead atoms. The van der Waals surface area contributed by atoms with Crippen molar-refractivity contribution < 1.29 is 19.7 Å². The van der Waals surface area contributed by atoms with Gasteiger partial charge in [-0.1, -0.05) is 32.0 Å². The summed E-state index contributed by atoms with van der Waals surface area (Å²) < 4.78 is 5.13. The first-order valence-corrected chi connectivity index (χ1v) is 8.82. The Kier molecular flexibility index (Phi) is 6.33. The molecule has 0 aliphatic rings. The number of thioether (sulfide) groups is 1. The van der Waals surface area contributed by atoms with Crippen LogP contribution in [0.1, 0.15) is 36.1 Å². The van der Waals surface area contributed by atoms with Gasteiger partial charge in [-0.3, -0.25) is 0 Å². The molecule has 0 aromatic heterocycles.